The Kier molecular flexibility index (Phi) is 29.0. The number of likely N-dealkylation sites (N-methyl/N-ethyl adjacent to an activating group) is 1. The maximum atomic E-state index is 14.5. The number of carboxylic acids is 1. The van der Waals surface area contributed by atoms with E-state index in [2.05, 4.69) is 16.0 Å². The molecule has 2 heterocycles. The van der Waals surface area contributed by atoms with Gasteiger partial charge in [0.2, 0.25) is 23.6 Å². The summed E-state index contributed by atoms with van der Waals surface area (Å²) in [6, 6.07) is 6.43. The molecule has 8 atom stereocenters. The number of benzene rings is 1. The first-order chi connectivity index (χ1) is 38.6. The highest BCUT2D eigenvalue weighted by Crippen LogP contribution is 2.51. The number of ether oxygens (including phenoxy) is 8. The molecule has 456 valence electrons. The van der Waals surface area contributed by atoms with Crippen molar-refractivity contribution in [3.63, 3.8) is 0 Å². The maximum absolute atomic E-state index is 14.5. The van der Waals surface area contributed by atoms with Crippen molar-refractivity contribution in [2.45, 2.75) is 141 Å². The number of methoxy groups -OCH3 is 2. The predicted molar refractivity (Wildman–Crippen MR) is 297 cm³/mol. The van der Waals surface area contributed by atoms with Crippen molar-refractivity contribution >= 4 is 47.3 Å². The average molecular weight is 1150 g/mol. The van der Waals surface area contributed by atoms with Crippen LogP contribution in [0.2, 0.25) is 0 Å². The zero-order valence-corrected chi connectivity index (χ0v) is 49.4. The number of hydrogen-bond acceptors (Lipinski definition) is 17. The van der Waals surface area contributed by atoms with Gasteiger partial charge in [0.1, 0.15) is 11.6 Å². The lowest BCUT2D eigenvalue weighted by atomic mass is 9.86. The van der Waals surface area contributed by atoms with Crippen LogP contribution in [0.25, 0.3) is 0 Å². The van der Waals surface area contributed by atoms with Gasteiger partial charge in [0.15, 0.2) is 0 Å². The monoisotopic (exact) mass is 1140 g/mol. The number of carbonyl (C=O) groups is 8. The largest absolute Gasteiger partial charge is 0.480 e. The van der Waals surface area contributed by atoms with Gasteiger partial charge in [-0.3, -0.25) is 48.7 Å². The van der Waals surface area contributed by atoms with Crippen molar-refractivity contribution in [2.24, 2.45) is 17.8 Å². The van der Waals surface area contributed by atoms with Crippen molar-refractivity contribution in [2.75, 3.05) is 114 Å². The summed E-state index contributed by atoms with van der Waals surface area (Å²) in [5.74, 6) is -5.37. The SMILES string of the molecule is CC[C@H](C)[C@@H]([C@@H](CC(=O)N1CCC[C@H]1[C@H](OC)[C@@H](C)C(=O)N[C@@H](C(=O)O)C1(c2ccccc2)CC1)OC)N(C)[C@H](C(=O)NC(=O)C(C)(C)NC(=O)CCOCCOCCOCCOCCOCCOCCN1C(=O)C=CC1=O)C(C)C. The van der Waals surface area contributed by atoms with E-state index in [0.29, 0.717) is 91.5 Å². The van der Waals surface area contributed by atoms with E-state index >= 15 is 0 Å². The molecule has 0 bridgehead atoms. The average Bonchev–Trinajstić information content (AvgIpc) is 4.07. The smallest absolute Gasteiger partial charge is 0.327 e. The van der Waals surface area contributed by atoms with E-state index in [4.69, 9.17) is 37.9 Å². The first-order valence-electron chi connectivity index (χ1n) is 28.5. The van der Waals surface area contributed by atoms with Crippen LogP contribution in [0.4, 0.5) is 0 Å². The van der Waals surface area contributed by atoms with Crippen LogP contribution in [-0.4, -0.2) is 223 Å². The van der Waals surface area contributed by atoms with E-state index in [1.807, 2.05) is 62.9 Å². The number of rotatable bonds is 41. The fourth-order valence-electron chi connectivity index (χ4n) is 10.7. The molecule has 1 saturated heterocycles. The van der Waals surface area contributed by atoms with E-state index in [-0.39, 0.29) is 75.4 Å². The number of likely N-dealkylation sites (tertiary alicyclic amines) is 1. The molecule has 2 aliphatic heterocycles. The normalized spacial score (nSPS) is 18.6. The Morgan fingerprint density at radius 2 is 1.30 bits per heavy atom. The third-order valence-corrected chi connectivity index (χ3v) is 15.4. The van der Waals surface area contributed by atoms with E-state index in [9.17, 15) is 43.5 Å². The van der Waals surface area contributed by atoms with Crippen LogP contribution in [0.15, 0.2) is 42.5 Å². The fourth-order valence-corrected chi connectivity index (χ4v) is 10.7. The van der Waals surface area contributed by atoms with Gasteiger partial charge >= 0.3 is 5.97 Å². The Balaban J connectivity index is 1.16. The lowest BCUT2D eigenvalue weighted by molar-refractivity contribution is -0.146. The molecule has 1 aromatic rings. The summed E-state index contributed by atoms with van der Waals surface area (Å²) in [4.78, 5) is 110. The van der Waals surface area contributed by atoms with Gasteiger partial charge in [0.25, 0.3) is 17.7 Å². The van der Waals surface area contributed by atoms with Gasteiger partial charge in [-0.05, 0) is 64.0 Å². The van der Waals surface area contributed by atoms with Crippen LogP contribution in [-0.2, 0) is 81.7 Å². The summed E-state index contributed by atoms with van der Waals surface area (Å²) in [7, 11) is 4.81. The van der Waals surface area contributed by atoms with Gasteiger partial charge in [0.05, 0.1) is 122 Å². The van der Waals surface area contributed by atoms with Crippen LogP contribution in [0.1, 0.15) is 99.0 Å². The van der Waals surface area contributed by atoms with E-state index in [1.54, 1.807) is 18.9 Å². The van der Waals surface area contributed by atoms with Gasteiger partial charge < -0.3 is 58.5 Å². The third-order valence-electron chi connectivity index (χ3n) is 15.4. The first kappa shape index (κ1) is 68.3. The first-order valence-corrected chi connectivity index (χ1v) is 28.5. The van der Waals surface area contributed by atoms with Crippen LogP contribution in [0.3, 0.4) is 0 Å². The zero-order chi connectivity index (χ0) is 59.7. The highest BCUT2D eigenvalue weighted by atomic mass is 16.6. The summed E-state index contributed by atoms with van der Waals surface area (Å²) < 4.78 is 45.0. The molecule has 23 nitrogen and oxygen atoms in total. The Hall–Kier alpha value is -5.24. The second kappa shape index (κ2) is 34.4. The number of nitrogens with one attached hydrogen (secondary N) is 3. The predicted octanol–water partition coefficient (Wildman–Crippen LogP) is 2.66. The van der Waals surface area contributed by atoms with E-state index < -0.39 is 82.8 Å². The molecule has 81 heavy (non-hydrogen) atoms. The topological polar surface area (TPSA) is 276 Å². The molecule has 7 amide bonds. The molecule has 0 aromatic heterocycles. The van der Waals surface area contributed by atoms with Gasteiger partial charge in [-0.25, -0.2) is 4.79 Å². The number of nitrogens with zero attached hydrogens (tertiary/aromatic N) is 3. The molecule has 4 N–H and O–H groups in total. The molecule has 1 aromatic carbocycles. The van der Waals surface area contributed by atoms with E-state index in [0.717, 1.165) is 10.5 Å². The third kappa shape index (κ3) is 20.6. The molecule has 23 heteroatoms. The van der Waals surface area contributed by atoms with Crippen molar-refractivity contribution in [3.05, 3.63) is 48.0 Å². The van der Waals surface area contributed by atoms with Gasteiger partial charge in [-0.2, -0.15) is 0 Å². The molecule has 1 aliphatic carbocycles. The summed E-state index contributed by atoms with van der Waals surface area (Å²) in [6.07, 6.45) is 4.13. The molecule has 2 fully saturated rings. The summed E-state index contributed by atoms with van der Waals surface area (Å²) in [5, 5.41) is 18.4. The highest BCUT2D eigenvalue weighted by Gasteiger charge is 2.55. The molecule has 0 spiro atoms. The second-order valence-electron chi connectivity index (χ2n) is 21.9. The second-order valence-corrected chi connectivity index (χ2v) is 21.9. The zero-order valence-electron chi connectivity index (χ0n) is 49.4. The van der Waals surface area contributed by atoms with Crippen LogP contribution in [0.5, 0.6) is 0 Å². The number of hydrogen-bond donors (Lipinski definition) is 4. The fraction of sp³-hybridized carbons (Fsp3) is 0.724. The number of carbonyl (C=O) groups excluding carboxylic acids is 7. The van der Waals surface area contributed by atoms with Gasteiger partial charge in [0, 0.05) is 50.8 Å². The minimum absolute atomic E-state index is 0.0391. The minimum Gasteiger partial charge on any atom is -0.480 e. The summed E-state index contributed by atoms with van der Waals surface area (Å²) in [6.45, 7) is 16.8. The van der Waals surface area contributed by atoms with Gasteiger partial charge in [-0.15, -0.1) is 0 Å². The quantitative estimate of drug-likeness (QED) is 0.0542. The lowest BCUT2D eigenvalue weighted by Gasteiger charge is -2.43. The van der Waals surface area contributed by atoms with Crippen LogP contribution < -0.4 is 16.0 Å². The summed E-state index contributed by atoms with van der Waals surface area (Å²) in [5.41, 5.74) is -1.31. The Morgan fingerprint density at radius 3 is 1.78 bits per heavy atom. The van der Waals surface area contributed by atoms with Crippen LogP contribution >= 0.6 is 0 Å². The molecule has 1 saturated carbocycles. The highest BCUT2D eigenvalue weighted by molar-refractivity contribution is 6.12. The Morgan fingerprint density at radius 1 is 0.765 bits per heavy atom. The molecule has 0 radical (unpaired) electrons. The molecule has 0 unspecified atom stereocenters. The molecule has 3 aliphatic rings. The summed E-state index contributed by atoms with van der Waals surface area (Å²) >= 11 is 0. The number of amides is 7. The van der Waals surface area contributed by atoms with Crippen molar-refractivity contribution in [1.82, 2.24) is 30.7 Å². The van der Waals surface area contributed by atoms with E-state index in [1.165, 1.54) is 40.2 Å². The number of aliphatic carboxylic acids is 1. The van der Waals surface area contributed by atoms with Gasteiger partial charge in [-0.1, -0.05) is 71.4 Å². The lowest BCUT2D eigenvalue weighted by Crippen LogP contribution is -2.62. The Labute approximate surface area is 478 Å². The van der Waals surface area contributed by atoms with Crippen molar-refractivity contribution in [3.8, 4) is 0 Å². The van der Waals surface area contributed by atoms with Crippen molar-refractivity contribution in [1.29, 1.82) is 0 Å². The molecule has 4 rings (SSSR count). The van der Waals surface area contributed by atoms with Crippen molar-refractivity contribution < 1.29 is 81.4 Å². The minimum atomic E-state index is -1.47. The standard InChI is InChI=1S/C58H92N6O17/c1-11-40(4)50(44(74-9)38-48(68)63-24-15-18-43(63)51(75-10)41(5)53(69)59-52(55(71)72)58(22-23-58)42-16-13-12-14-17-42)62(8)49(39(2)3)54(70)60-56(73)57(6,7)61-45(65)21-26-76-28-30-78-32-34-80-36-37-81-35-33-79-31-29-77-27-25-64-46(66)19-20-47(64)67/h12-14,16-17,19-20,39-41,43-44,49-52H,11,15,18,21-38H2,1-10H3,(H,59,69)(H,61,65)(H,71,72)(H,60,70,73)/t40-,41+,43-,44+,49-,50-,51+,52-/m0/s1. The number of carboxylic acid groups (broad SMARTS) is 1. The Bertz CT molecular complexity index is 2190. The molecular weight excluding hydrogens is 1050 g/mol. The van der Waals surface area contributed by atoms with Crippen LogP contribution in [0, 0.1) is 17.8 Å². The molecular formula is C58H92N6O17. The maximum Gasteiger partial charge on any atom is 0.327 e. The number of imide groups is 2.